The second-order valence-electron chi connectivity index (χ2n) is 5.39. The van der Waals surface area contributed by atoms with Gasteiger partial charge in [0.2, 0.25) is 0 Å². The van der Waals surface area contributed by atoms with Gasteiger partial charge in [-0.25, -0.2) is 0 Å². The average Bonchev–Trinajstić information content (AvgIpc) is 2.55. The van der Waals surface area contributed by atoms with Crippen molar-refractivity contribution in [3.8, 4) is 0 Å². The third kappa shape index (κ3) is 5.56. The van der Waals surface area contributed by atoms with E-state index in [0.29, 0.717) is 0 Å². The van der Waals surface area contributed by atoms with Crippen molar-refractivity contribution in [3.05, 3.63) is 48.5 Å². The molecule has 4 heteroatoms. The van der Waals surface area contributed by atoms with Gasteiger partial charge in [-0.3, -0.25) is 0 Å². The van der Waals surface area contributed by atoms with E-state index in [1.54, 1.807) is 0 Å². The fourth-order valence-electron chi connectivity index (χ4n) is 1.87. The molecule has 0 unspecified atom stereocenters. The zero-order chi connectivity index (χ0) is 16.5. The van der Waals surface area contributed by atoms with E-state index >= 15 is 0 Å². The van der Waals surface area contributed by atoms with E-state index in [1.807, 2.05) is 54.4 Å². The summed E-state index contributed by atoms with van der Waals surface area (Å²) in [5.74, 6) is 0. The highest BCUT2D eigenvalue weighted by molar-refractivity contribution is 5.57. The predicted octanol–water partition coefficient (Wildman–Crippen LogP) is 3.59. The van der Waals surface area contributed by atoms with Gasteiger partial charge in [0.15, 0.2) is 0 Å². The summed E-state index contributed by atoms with van der Waals surface area (Å²) in [7, 11) is 12.0. The van der Waals surface area contributed by atoms with Crippen LogP contribution in [-0.4, -0.2) is 42.3 Å². The van der Waals surface area contributed by atoms with Crippen LogP contribution in [0.15, 0.2) is 48.5 Å². The van der Waals surface area contributed by atoms with Crippen LogP contribution >= 0.6 is 0 Å². The fourth-order valence-corrected chi connectivity index (χ4v) is 1.87. The summed E-state index contributed by atoms with van der Waals surface area (Å²) in [5.41, 5.74) is 4.74. The Kier molecular flexibility index (Phi) is 7.09. The van der Waals surface area contributed by atoms with E-state index in [9.17, 15) is 0 Å². The molecule has 0 aromatic heterocycles. The van der Waals surface area contributed by atoms with Gasteiger partial charge in [-0.15, -0.1) is 0 Å². The van der Waals surface area contributed by atoms with Gasteiger partial charge >= 0.3 is 0 Å². The average molecular weight is 300 g/mol. The molecule has 0 spiro atoms. The number of rotatable bonds is 4. The van der Waals surface area contributed by atoms with E-state index in [0.717, 1.165) is 11.4 Å². The van der Waals surface area contributed by atoms with Crippen molar-refractivity contribution >= 4 is 22.7 Å². The highest BCUT2D eigenvalue weighted by Crippen LogP contribution is 2.16. The van der Waals surface area contributed by atoms with Gasteiger partial charge in [0.1, 0.15) is 0 Å². The van der Waals surface area contributed by atoms with Gasteiger partial charge in [0.25, 0.3) is 0 Å². The topological polar surface area (TPSA) is 30.5 Å². The molecule has 0 aliphatic rings. The molecule has 22 heavy (non-hydrogen) atoms. The van der Waals surface area contributed by atoms with Gasteiger partial charge in [-0.05, 0) is 42.5 Å². The van der Waals surface area contributed by atoms with Crippen LogP contribution in [0.4, 0.5) is 22.7 Å². The Morgan fingerprint density at radius 2 is 1.18 bits per heavy atom. The quantitative estimate of drug-likeness (QED) is 0.903. The van der Waals surface area contributed by atoms with Crippen LogP contribution in [0.2, 0.25) is 0 Å². The smallest absolute Gasteiger partial charge is 0.0381 e. The lowest BCUT2D eigenvalue weighted by Crippen LogP contribution is -2.08. The van der Waals surface area contributed by atoms with Crippen molar-refractivity contribution in [1.82, 2.24) is 0 Å². The summed E-state index contributed by atoms with van der Waals surface area (Å²) >= 11 is 0. The summed E-state index contributed by atoms with van der Waals surface area (Å²) in [4.78, 5) is 4.17. The third-order valence-corrected chi connectivity index (χ3v) is 3.32. The van der Waals surface area contributed by atoms with Gasteiger partial charge in [-0.2, -0.15) is 0 Å². The number of nitrogens with one attached hydrogen (secondary N) is 2. The maximum absolute atomic E-state index is 3.10. The molecular formula is C18H28N4. The first-order valence-corrected chi connectivity index (χ1v) is 7.38. The van der Waals surface area contributed by atoms with Crippen LogP contribution in [0.25, 0.3) is 0 Å². The minimum atomic E-state index is 1.15. The number of hydrogen-bond donors (Lipinski definition) is 2. The van der Waals surface area contributed by atoms with Crippen LogP contribution in [-0.2, 0) is 0 Å². The minimum Gasteiger partial charge on any atom is -0.388 e. The molecule has 0 fully saturated rings. The molecule has 0 aliphatic heterocycles. The number of benzene rings is 2. The Morgan fingerprint density at radius 1 is 0.636 bits per heavy atom. The first kappa shape index (κ1) is 17.7. The second kappa shape index (κ2) is 8.82. The molecule has 0 saturated carbocycles. The molecule has 0 aliphatic carbocycles. The summed E-state index contributed by atoms with van der Waals surface area (Å²) in [6.45, 7) is 0. The fraction of sp³-hybridized carbons (Fsp3) is 0.333. The molecule has 2 aromatic rings. The second-order valence-corrected chi connectivity index (χ2v) is 5.39. The lowest BCUT2D eigenvalue weighted by atomic mass is 10.2. The van der Waals surface area contributed by atoms with Crippen LogP contribution in [0, 0.1) is 0 Å². The largest absolute Gasteiger partial charge is 0.388 e. The Bertz CT molecular complexity index is 547. The van der Waals surface area contributed by atoms with Crippen molar-refractivity contribution in [3.63, 3.8) is 0 Å². The zero-order valence-electron chi connectivity index (χ0n) is 14.5. The molecule has 0 radical (unpaired) electrons. The lowest BCUT2D eigenvalue weighted by molar-refractivity contribution is 1.13. The highest BCUT2D eigenvalue weighted by atomic mass is 15.1. The summed E-state index contributed by atoms with van der Waals surface area (Å²) < 4.78 is 0. The van der Waals surface area contributed by atoms with E-state index in [2.05, 4.69) is 56.8 Å². The Labute approximate surface area is 134 Å². The van der Waals surface area contributed by atoms with E-state index in [1.165, 1.54) is 11.4 Å². The van der Waals surface area contributed by atoms with Crippen molar-refractivity contribution in [1.29, 1.82) is 0 Å². The maximum Gasteiger partial charge on any atom is 0.0381 e. The maximum atomic E-state index is 3.10. The Morgan fingerprint density at radius 3 is 1.64 bits per heavy atom. The summed E-state index contributed by atoms with van der Waals surface area (Å²) in [5, 5.41) is 6.17. The molecular weight excluding hydrogens is 272 g/mol. The Hall–Kier alpha value is -2.36. The van der Waals surface area contributed by atoms with Crippen molar-refractivity contribution < 1.29 is 0 Å². The summed E-state index contributed by atoms with van der Waals surface area (Å²) in [6, 6.07) is 16.6. The van der Waals surface area contributed by atoms with Crippen molar-refractivity contribution in [2.75, 3.05) is 62.7 Å². The standard InChI is InChI=1S/2C9H14N2/c1-10-8-4-6-9(7-5-8)11(2)3;1-10-8-5-4-6-9(7-8)11(2)3/h2*4-7,10H,1-3H3. The summed E-state index contributed by atoms with van der Waals surface area (Å²) in [6.07, 6.45) is 0. The first-order chi connectivity index (χ1) is 10.5. The van der Waals surface area contributed by atoms with Crippen LogP contribution < -0.4 is 20.4 Å². The molecule has 2 rings (SSSR count). The third-order valence-electron chi connectivity index (χ3n) is 3.32. The number of nitrogens with zero attached hydrogens (tertiary/aromatic N) is 2. The molecule has 0 atom stereocenters. The monoisotopic (exact) mass is 300 g/mol. The molecule has 2 aromatic carbocycles. The number of hydrogen-bond acceptors (Lipinski definition) is 4. The highest BCUT2D eigenvalue weighted by Gasteiger charge is 1.94. The van der Waals surface area contributed by atoms with Crippen LogP contribution in [0.5, 0.6) is 0 Å². The van der Waals surface area contributed by atoms with Gasteiger partial charge < -0.3 is 20.4 Å². The zero-order valence-corrected chi connectivity index (χ0v) is 14.5. The van der Waals surface area contributed by atoms with E-state index in [-0.39, 0.29) is 0 Å². The molecule has 0 saturated heterocycles. The molecule has 0 bridgehead atoms. The van der Waals surface area contributed by atoms with Gasteiger partial charge in [0.05, 0.1) is 0 Å². The lowest BCUT2D eigenvalue weighted by Gasteiger charge is -2.13. The molecule has 120 valence electrons. The van der Waals surface area contributed by atoms with Gasteiger partial charge in [-0.1, -0.05) is 6.07 Å². The normalized spacial score (nSPS) is 9.36. The predicted molar refractivity (Wildman–Crippen MR) is 101 cm³/mol. The minimum absolute atomic E-state index is 1.15. The molecule has 0 amide bonds. The van der Waals surface area contributed by atoms with E-state index < -0.39 is 0 Å². The van der Waals surface area contributed by atoms with Crippen molar-refractivity contribution in [2.45, 2.75) is 0 Å². The first-order valence-electron chi connectivity index (χ1n) is 7.38. The Balaban J connectivity index is 0.000000220. The van der Waals surface area contributed by atoms with E-state index in [4.69, 9.17) is 0 Å². The van der Waals surface area contributed by atoms with Crippen molar-refractivity contribution in [2.24, 2.45) is 0 Å². The SMILES string of the molecule is CNc1ccc(N(C)C)cc1.CNc1cccc(N(C)C)c1. The van der Waals surface area contributed by atoms with Crippen LogP contribution in [0.1, 0.15) is 0 Å². The van der Waals surface area contributed by atoms with Gasteiger partial charge in [0, 0.05) is 65.0 Å². The van der Waals surface area contributed by atoms with Crippen LogP contribution in [0.3, 0.4) is 0 Å². The molecule has 0 heterocycles. The molecule has 2 N–H and O–H groups in total. The number of anilines is 4. The molecule has 4 nitrogen and oxygen atoms in total.